The average molecular weight is 214 g/mol. The summed E-state index contributed by atoms with van der Waals surface area (Å²) in [6, 6.07) is 5.65. The fraction of sp³-hybridized carbons (Fsp3) is 0.455. The summed E-state index contributed by atoms with van der Waals surface area (Å²) in [5, 5.41) is 10.1. The molecule has 0 bridgehead atoms. The molecule has 3 heteroatoms. The largest absolute Gasteiger partial charge is 0.389 e. The van der Waals surface area contributed by atoms with E-state index in [9.17, 15) is 5.11 Å². The van der Waals surface area contributed by atoms with Crippen LogP contribution in [0.2, 0.25) is 5.02 Å². The molecule has 0 aliphatic carbocycles. The third-order valence-corrected chi connectivity index (χ3v) is 2.64. The van der Waals surface area contributed by atoms with Gasteiger partial charge in [0.25, 0.3) is 0 Å². The van der Waals surface area contributed by atoms with Gasteiger partial charge in [0.2, 0.25) is 0 Å². The Bertz CT molecular complexity index is 312. The van der Waals surface area contributed by atoms with E-state index in [0.29, 0.717) is 5.02 Å². The Labute approximate surface area is 90.1 Å². The maximum absolute atomic E-state index is 9.36. The van der Waals surface area contributed by atoms with E-state index in [0.717, 1.165) is 17.8 Å². The third-order valence-electron chi connectivity index (χ3n) is 2.34. The van der Waals surface area contributed by atoms with Crippen molar-refractivity contribution in [2.24, 2.45) is 0 Å². The van der Waals surface area contributed by atoms with Crippen molar-refractivity contribution in [2.45, 2.75) is 20.0 Å². The number of halogens is 1. The van der Waals surface area contributed by atoms with Crippen molar-refractivity contribution in [3.05, 3.63) is 28.8 Å². The lowest BCUT2D eigenvalue weighted by atomic mass is 10.1. The highest BCUT2D eigenvalue weighted by atomic mass is 35.5. The highest BCUT2D eigenvalue weighted by molar-refractivity contribution is 6.33. The number of nitrogens with zero attached hydrogens (tertiary/aromatic N) is 1. The predicted octanol–water partition coefficient (Wildman–Crippen LogP) is 2.85. The molecule has 0 radical (unpaired) electrons. The van der Waals surface area contributed by atoms with Crippen LogP contribution in [0.3, 0.4) is 0 Å². The molecule has 1 unspecified atom stereocenters. The molecule has 1 rings (SSSR count). The second-order valence-corrected chi connectivity index (χ2v) is 3.81. The van der Waals surface area contributed by atoms with E-state index in [-0.39, 0.29) is 0 Å². The van der Waals surface area contributed by atoms with Crippen molar-refractivity contribution in [1.29, 1.82) is 0 Å². The van der Waals surface area contributed by atoms with Crippen molar-refractivity contribution in [2.75, 3.05) is 18.5 Å². The van der Waals surface area contributed by atoms with Crippen LogP contribution in [-0.2, 0) is 0 Å². The van der Waals surface area contributed by atoms with Gasteiger partial charge in [0.05, 0.1) is 16.8 Å². The first kappa shape index (κ1) is 11.3. The molecular weight excluding hydrogens is 198 g/mol. The predicted molar refractivity (Wildman–Crippen MR) is 61.0 cm³/mol. The summed E-state index contributed by atoms with van der Waals surface area (Å²) >= 11 is 6.09. The van der Waals surface area contributed by atoms with Gasteiger partial charge in [-0.05, 0) is 31.5 Å². The standard InChI is InChI=1S/C11H16ClNO/c1-4-13(3)11-6-5-9(8(2)14)7-10(11)12/h5-8,14H,4H2,1-3H3. The average Bonchev–Trinajstić information content (AvgIpc) is 2.16. The van der Waals surface area contributed by atoms with Crippen LogP contribution in [0.1, 0.15) is 25.5 Å². The second kappa shape index (κ2) is 4.67. The molecule has 0 fully saturated rings. The van der Waals surface area contributed by atoms with E-state index in [4.69, 9.17) is 11.6 Å². The summed E-state index contributed by atoms with van der Waals surface area (Å²) in [6.45, 7) is 4.71. The highest BCUT2D eigenvalue weighted by Crippen LogP contribution is 2.27. The summed E-state index contributed by atoms with van der Waals surface area (Å²) in [7, 11) is 1.99. The van der Waals surface area contributed by atoms with E-state index < -0.39 is 6.10 Å². The van der Waals surface area contributed by atoms with E-state index in [1.807, 2.05) is 25.2 Å². The van der Waals surface area contributed by atoms with Gasteiger partial charge in [-0.3, -0.25) is 0 Å². The van der Waals surface area contributed by atoms with E-state index in [1.54, 1.807) is 6.92 Å². The molecule has 1 atom stereocenters. The topological polar surface area (TPSA) is 23.5 Å². The van der Waals surface area contributed by atoms with E-state index in [2.05, 4.69) is 11.8 Å². The Kier molecular flexibility index (Phi) is 3.78. The maximum Gasteiger partial charge on any atom is 0.0762 e. The molecule has 0 aliphatic heterocycles. The Morgan fingerprint density at radius 3 is 2.57 bits per heavy atom. The minimum absolute atomic E-state index is 0.464. The molecule has 0 aliphatic rings. The molecule has 1 aromatic carbocycles. The van der Waals surface area contributed by atoms with Gasteiger partial charge in [0.1, 0.15) is 0 Å². The van der Waals surface area contributed by atoms with E-state index >= 15 is 0 Å². The minimum Gasteiger partial charge on any atom is -0.389 e. The van der Waals surface area contributed by atoms with Gasteiger partial charge in [-0.15, -0.1) is 0 Å². The molecule has 1 aromatic rings. The van der Waals surface area contributed by atoms with Gasteiger partial charge in [-0.1, -0.05) is 17.7 Å². The summed E-state index contributed by atoms with van der Waals surface area (Å²) in [5.41, 5.74) is 1.85. The summed E-state index contributed by atoms with van der Waals surface area (Å²) < 4.78 is 0. The monoisotopic (exact) mass is 213 g/mol. The van der Waals surface area contributed by atoms with Gasteiger partial charge in [-0.25, -0.2) is 0 Å². The van der Waals surface area contributed by atoms with Gasteiger partial charge >= 0.3 is 0 Å². The molecule has 0 aromatic heterocycles. The van der Waals surface area contributed by atoms with Crippen LogP contribution in [0.25, 0.3) is 0 Å². The van der Waals surface area contributed by atoms with E-state index in [1.165, 1.54) is 0 Å². The quantitative estimate of drug-likeness (QED) is 0.835. The van der Waals surface area contributed by atoms with Gasteiger partial charge in [0, 0.05) is 13.6 Å². The van der Waals surface area contributed by atoms with Crippen LogP contribution in [0, 0.1) is 0 Å². The normalized spacial score (nSPS) is 12.6. The molecule has 0 spiro atoms. The number of hydrogen-bond donors (Lipinski definition) is 1. The lowest BCUT2D eigenvalue weighted by molar-refractivity contribution is 0.199. The lowest BCUT2D eigenvalue weighted by Crippen LogP contribution is -2.16. The van der Waals surface area contributed by atoms with Crippen molar-refractivity contribution in [3.8, 4) is 0 Å². The Balaban J connectivity index is 3.01. The molecule has 1 N–H and O–H groups in total. The minimum atomic E-state index is -0.464. The van der Waals surface area contributed by atoms with Gasteiger partial charge in [0.15, 0.2) is 0 Å². The molecule has 0 amide bonds. The molecule has 0 saturated heterocycles. The first-order chi connectivity index (χ1) is 6.56. The van der Waals surface area contributed by atoms with Crippen LogP contribution in [0.4, 0.5) is 5.69 Å². The second-order valence-electron chi connectivity index (χ2n) is 3.40. The molecule has 78 valence electrons. The zero-order valence-corrected chi connectivity index (χ0v) is 9.54. The van der Waals surface area contributed by atoms with Crippen LogP contribution in [0.15, 0.2) is 18.2 Å². The highest BCUT2D eigenvalue weighted by Gasteiger charge is 2.07. The number of anilines is 1. The van der Waals surface area contributed by atoms with Crippen LogP contribution in [0.5, 0.6) is 0 Å². The fourth-order valence-electron chi connectivity index (χ4n) is 1.26. The van der Waals surface area contributed by atoms with Crippen molar-refractivity contribution in [3.63, 3.8) is 0 Å². The number of benzene rings is 1. The fourth-order valence-corrected chi connectivity index (χ4v) is 1.60. The lowest BCUT2D eigenvalue weighted by Gasteiger charge is -2.19. The number of rotatable bonds is 3. The van der Waals surface area contributed by atoms with Gasteiger partial charge in [-0.2, -0.15) is 0 Å². The zero-order valence-electron chi connectivity index (χ0n) is 8.79. The summed E-state index contributed by atoms with van der Waals surface area (Å²) in [6.07, 6.45) is -0.464. The molecule has 14 heavy (non-hydrogen) atoms. The van der Waals surface area contributed by atoms with Crippen LogP contribution < -0.4 is 4.90 Å². The summed E-state index contributed by atoms with van der Waals surface area (Å²) in [4.78, 5) is 2.06. The summed E-state index contributed by atoms with van der Waals surface area (Å²) in [5.74, 6) is 0. The third kappa shape index (κ3) is 2.40. The molecule has 0 heterocycles. The van der Waals surface area contributed by atoms with Crippen molar-refractivity contribution >= 4 is 17.3 Å². The number of hydrogen-bond acceptors (Lipinski definition) is 2. The SMILES string of the molecule is CCN(C)c1ccc(C(C)O)cc1Cl. The maximum atomic E-state index is 9.36. The molecule has 2 nitrogen and oxygen atoms in total. The molecule has 0 saturated carbocycles. The van der Waals surface area contributed by atoms with Crippen molar-refractivity contribution in [1.82, 2.24) is 0 Å². The zero-order chi connectivity index (χ0) is 10.7. The smallest absolute Gasteiger partial charge is 0.0762 e. The Morgan fingerprint density at radius 2 is 2.14 bits per heavy atom. The van der Waals surface area contributed by atoms with Gasteiger partial charge < -0.3 is 10.0 Å². The first-order valence-electron chi connectivity index (χ1n) is 4.75. The van der Waals surface area contributed by atoms with Crippen LogP contribution >= 0.6 is 11.6 Å². The number of aliphatic hydroxyl groups is 1. The Morgan fingerprint density at radius 1 is 1.50 bits per heavy atom. The molecular formula is C11H16ClNO. The Hall–Kier alpha value is -0.730. The van der Waals surface area contributed by atoms with Crippen LogP contribution in [-0.4, -0.2) is 18.7 Å². The van der Waals surface area contributed by atoms with Crippen molar-refractivity contribution < 1.29 is 5.11 Å². The first-order valence-corrected chi connectivity index (χ1v) is 5.12. The number of aliphatic hydroxyl groups excluding tert-OH is 1.